The van der Waals surface area contributed by atoms with Crippen LogP contribution in [0.15, 0.2) is 71.8 Å². The topological polar surface area (TPSA) is 128 Å². The minimum absolute atomic E-state index is 0.112. The zero-order valence-electron chi connectivity index (χ0n) is 37.4. The molecular weight excluding hydrogens is 865 g/mol. The number of thioether (sulfide) groups is 1. The highest BCUT2D eigenvalue weighted by Crippen LogP contribution is 2.38. The van der Waals surface area contributed by atoms with Crippen molar-refractivity contribution in [2.75, 3.05) is 76.9 Å². The number of piperidine rings is 2. The minimum Gasteiger partial charge on any atom is -0.496 e. The predicted octanol–water partition coefficient (Wildman–Crippen LogP) is 7.27. The maximum atomic E-state index is 13.2. The number of hydrogen-bond donors (Lipinski definition) is 1. The second-order valence-corrected chi connectivity index (χ2v) is 22.7. The number of ether oxygens (including phenoxy) is 1. The van der Waals surface area contributed by atoms with Gasteiger partial charge in [0.1, 0.15) is 24.8 Å². The number of aromatic nitrogens is 2. The number of fused-ring (bicyclic) bond motifs is 1. The van der Waals surface area contributed by atoms with Crippen molar-refractivity contribution in [2.45, 2.75) is 87.7 Å². The van der Waals surface area contributed by atoms with Crippen LogP contribution < -0.4 is 20.3 Å². The normalized spacial score (nSPS) is 19.0. The fourth-order valence-electron chi connectivity index (χ4n) is 9.77. The molecule has 1 unspecified atom stereocenters. The van der Waals surface area contributed by atoms with Gasteiger partial charge in [-0.15, -0.1) is 11.8 Å². The molecule has 4 aromatic rings. The second-order valence-electron chi connectivity index (χ2n) is 18.0. The molecule has 0 radical (unpaired) electrons. The van der Waals surface area contributed by atoms with Crippen LogP contribution in [0.2, 0.25) is 5.02 Å². The van der Waals surface area contributed by atoms with Crippen molar-refractivity contribution in [1.29, 1.82) is 0 Å². The lowest BCUT2D eigenvalue weighted by Crippen LogP contribution is -2.53. The van der Waals surface area contributed by atoms with Crippen molar-refractivity contribution in [3.8, 4) is 5.75 Å². The monoisotopic (exact) mass is 925 g/mol. The summed E-state index contributed by atoms with van der Waals surface area (Å²) in [6, 6.07) is 20.2. The van der Waals surface area contributed by atoms with E-state index in [9.17, 15) is 18.9 Å². The maximum absolute atomic E-state index is 13.2. The quantitative estimate of drug-likeness (QED) is 0.0498. The van der Waals surface area contributed by atoms with Crippen LogP contribution in [-0.4, -0.2) is 126 Å². The van der Waals surface area contributed by atoms with E-state index in [0.717, 1.165) is 109 Å². The Balaban J connectivity index is 0.732. The minimum atomic E-state index is -2.46. The van der Waals surface area contributed by atoms with E-state index in [4.69, 9.17) is 21.3 Å². The molecule has 3 amide bonds. The van der Waals surface area contributed by atoms with Crippen LogP contribution in [0.3, 0.4) is 0 Å². The average molecular weight is 927 g/mol. The van der Waals surface area contributed by atoms with Gasteiger partial charge in [0.05, 0.1) is 17.8 Å². The number of methoxy groups -OCH3 is 1. The van der Waals surface area contributed by atoms with E-state index in [1.54, 1.807) is 31.5 Å². The van der Waals surface area contributed by atoms with Crippen LogP contribution >= 0.6 is 30.5 Å². The van der Waals surface area contributed by atoms with E-state index in [1.165, 1.54) is 24.9 Å². The summed E-state index contributed by atoms with van der Waals surface area (Å²) in [5.74, 6) is 1.75. The highest BCUT2D eigenvalue weighted by atomic mass is 35.5. The summed E-state index contributed by atoms with van der Waals surface area (Å²) >= 11 is 8.39. The maximum Gasteiger partial charge on any atom is 0.255 e. The molecular formula is C49H61ClN7O5PS. The summed E-state index contributed by atoms with van der Waals surface area (Å²) in [5.41, 5.74) is 5.59. The summed E-state index contributed by atoms with van der Waals surface area (Å²) in [7, 11) is -0.743. The number of nitrogens with one attached hydrogen (secondary N) is 1. The Labute approximate surface area is 387 Å². The molecule has 3 saturated heterocycles. The van der Waals surface area contributed by atoms with Gasteiger partial charge in [0.25, 0.3) is 5.91 Å². The molecule has 3 aromatic carbocycles. The Morgan fingerprint density at radius 2 is 1.66 bits per heavy atom. The van der Waals surface area contributed by atoms with Crippen LogP contribution in [0.25, 0.3) is 0 Å². The fraction of sp³-hybridized carbons (Fsp3) is 0.490. The third kappa shape index (κ3) is 11.0. The Kier molecular flexibility index (Phi) is 15.1. The van der Waals surface area contributed by atoms with E-state index < -0.39 is 13.2 Å². The van der Waals surface area contributed by atoms with E-state index in [0.29, 0.717) is 48.3 Å². The van der Waals surface area contributed by atoms with Crippen molar-refractivity contribution in [2.24, 2.45) is 0 Å². The van der Waals surface area contributed by atoms with Gasteiger partial charge in [-0.1, -0.05) is 60.8 Å². The number of hydrogen-bond acceptors (Lipinski definition) is 11. The first-order valence-electron chi connectivity index (χ1n) is 22.9. The van der Waals surface area contributed by atoms with Crippen LogP contribution in [0.5, 0.6) is 5.75 Å². The van der Waals surface area contributed by atoms with Gasteiger partial charge in [-0.2, -0.15) is 0 Å². The highest BCUT2D eigenvalue weighted by molar-refractivity contribution is 7.99. The molecule has 4 aliphatic rings. The van der Waals surface area contributed by atoms with Crippen molar-refractivity contribution >= 4 is 59.2 Å². The number of unbranched alkanes of at least 4 members (excludes halogenated alkanes) is 3. The van der Waals surface area contributed by atoms with Crippen molar-refractivity contribution in [3.05, 3.63) is 106 Å². The number of carbonyl (C=O) groups is 3. The summed E-state index contributed by atoms with van der Waals surface area (Å²) < 4.78 is 18.9. The van der Waals surface area contributed by atoms with E-state index in [1.807, 2.05) is 48.2 Å². The van der Waals surface area contributed by atoms with Gasteiger partial charge in [-0.05, 0) is 87.1 Å². The molecule has 0 bridgehead atoms. The van der Waals surface area contributed by atoms with Gasteiger partial charge in [0.2, 0.25) is 11.8 Å². The Hall–Kier alpha value is -4.26. The number of anilines is 1. The van der Waals surface area contributed by atoms with Crippen molar-refractivity contribution < 1.29 is 23.7 Å². The molecule has 0 aliphatic carbocycles. The molecule has 1 aromatic heterocycles. The van der Waals surface area contributed by atoms with Gasteiger partial charge >= 0.3 is 0 Å². The van der Waals surface area contributed by atoms with Crippen LogP contribution in [0.1, 0.15) is 89.9 Å². The van der Waals surface area contributed by atoms with Crippen LogP contribution in [0.4, 0.5) is 5.69 Å². The van der Waals surface area contributed by atoms with Gasteiger partial charge in [0.15, 0.2) is 0 Å². The van der Waals surface area contributed by atoms with Gasteiger partial charge in [0, 0.05) is 110 Å². The van der Waals surface area contributed by atoms with Crippen molar-refractivity contribution in [1.82, 2.24) is 30.0 Å². The molecule has 15 heteroatoms. The first-order valence-corrected chi connectivity index (χ1v) is 26.8. The average Bonchev–Trinajstić information content (AvgIpc) is 3.63. The summed E-state index contributed by atoms with van der Waals surface area (Å²) in [6.07, 6.45) is 10.4. The summed E-state index contributed by atoms with van der Waals surface area (Å²) in [4.78, 5) is 57.3. The first-order chi connectivity index (χ1) is 30.9. The number of rotatable bonds is 17. The second kappa shape index (κ2) is 20.9. The molecule has 64 heavy (non-hydrogen) atoms. The molecule has 1 N–H and O–H groups in total. The molecule has 4 aliphatic heterocycles. The van der Waals surface area contributed by atoms with Crippen LogP contribution in [-0.2, 0) is 33.5 Å². The third-order valence-electron chi connectivity index (χ3n) is 13.3. The van der Waals surface area contributed by atoms with E-state index in [-0.39, 0.29) is 24.1 Å². The molecule has 12 nitrogen and oxygen atoms in total. The molecule has 3 fully saturated rings. The lowest BCUT2D eigenvalue weighted by atomic mass is 10.0. The zero-order chi connectivity index (χ0) is 44.8. The van der Waals surface area contributed by atoms with Crippen molar-refractivity contribution in [3.63, 3.8) is 0 Å². The van der Waals surface area contributed by atoms with Gasteiger partial charge < -0.3 is 24.0 Å². The number of benzene rings is 3. The summed E-state index contributed by atoms with van der Waals surface area (Å²) in [5, 5.41) is 3.75. The Bertz CT molecular complexity index is 2380. The molecule has 0 spiro atoms. The summed E-state index contributed by atoms with van der Waals surface area (Å²) in [6.45, 7) is 11.7. The zero-order valence-corrected chi connectivity index (χ0v) is 39.9. The smallest absolute Gasteiger partial charge is 0.255 e. The van der Waals surface area contributed by atoms with E-state index in [2.05, 4.69) is 49.3 Å². The number of piperazine rings is 1. The lowest BCUT2D eigenvalue weighted by Gasteiger charge is -2.43. The lowest BCUT2D eigenvalue weighted by molar-refractivity contribution is -0.136. The molecule has 340 valence electrons. The van der Waals surface area contributed by atoms with Crippen LogP contribution in [0, 0.1) is 0 Å². The van der Waals surface area contributed by atoms with Gasteiger partial charge in [-0.3, -0.25) is 24.6 Å². The first kappa shape index (κ1) is 46.3. The van der Waals surface area contributed by atoms with E-state index >= 15 is 0 Å². The standard InChI is InChI=1S/C49H61ClN7O5PS/c1-62-43-31-37(16-15-34(43)30-46-51-32-40(50)41(52-46)29-35-11-6-7-13-44(35)63(2,3)61)55-22-19-36(20-23-55)56-26-24-54(25-27-56)21-8-4-5-9-28-64-45-14-10-12-38-39(45)33-57(49(38)60)42-17-18-47(58)53-48(42)59/h6-7,10-16,31-32,36,42H,4-5,8-9,17-30,33H2,1-3H3,(H,53,58,59). The Morgan fingerprint density at radius 1 is 0.875 bits per heavy atom. The number of nitrogens with zero attached hydrogens (tertiary/aromatic N) is 6. The third-order valence-corrected chi connectivity index (χ3v) is 16.4. The fourth-order valence-corrected chi connectivity index (χ4v) is 12.3. The predicted molar refractivity (Wildman–Crippen MR) is 256 cm³/mol. The number of halogens is 1. The molecule has 1 atom stereocenters. The van der Waals surface area contributed by atoms with Gasteiger partial charge in [-0.25, -0.2) is 9.97 Å². The SMILES string of the molecule is COc1cc(N2CCC(N3CCN(CCCCCCSc4cccc5c4CN(C4CCC(=O)NC4=O)C5=O)CC3)CC2)ccc1Cc1ncc(Cl)c(Cc2ccccc2P(C)(C)=O)n1. The number of amides is 3. The molecule has 8 rings (SSSR count). The molecule has 5 heterocycles. The Morgan fingerprint density at radius 3 is 2.42 bits per heavy atom. The molecule has 0 saturated carbocycles. The highest BCUT2D eigenvalue weighted by Gasteiger charge is 2.40. The number of imide groups is 1. The largest absolute Gasteiger partial charge is 0.496 e. The number of carbonyl (C=O) groups excluding carboxylic acids is 3.